The molecular weight excluding hydrogens is 416 g/mol. The normalized spacial score (nSPS) is 12.0. The molecule has 2 aromatic heterocycles. The van der Waals surface area contributed by atoms with Gasteiger partial charge < -0.3 is 0 Å². The molecule has 5 rings (SSSR count). The number of ketones is 1. The molecule has 0 radical (unpaired) electrons. The lowest BCUT2D eigenvalue weighted by Gasteiger charge is -2.14. The van der Waals surface area contributed by atoms with Crippen molar-refractivity contribution in [3.05, 3.63) is 113 Å². The molecule has 1 unspecified atom stereocenters. The van der Waals surface area contributed by atoms with Crippen molar-refractivity contribution < 1.29 is 4.79 Å². The van der Waals surface area contributed by atoms with Crippen LogP contribution in [0.4, 0.5) is 0 Å². The summed E-state index contributed by atoms with van der Waals surface area (Å²) in [5.74, 6) is -0.113. The van der Waals surface area contributed by atoms with Gasteiger partial charge >= 0.3 is 0 Å². The molecule has 0 aliphatic carbocycles. The highest BCUT2D eigenvalue weighted by Crippen LogP contribution is 2.32. The van der Waals surface area contributed by atoms with Gasteiger partial charge in [-0.15, -0.1) is 11.3 Å². The van der Waals surface area contributed by atoms with E-state index in [0.29, 0.717) is 15.8 Å². The molecule has 32 heavy (non-hydrogen) atoms. The van der Waals surface area contributed by atoms with Crippen LogP contribution in [0.2, 0.25) is 0 Å². The van der Waals surface area contributed by atoms with Crippen LogP contribution in [-0.2, 0) is 0 Å². The Balaban J connectivity index is 1.55. The number of hydrogen-bond donors (Lipinski definition) is 0. The van der Waals surface area contributed by atoms with Gasteiger partial charge in [0.05, 0.1) is 17.8 Å². The fourth-order valence-corrected chi connectivity index (χ4v) is 4.78. The van der Waals surface area contributed by atoms with E-state index in [-0.39, 0.29) is 11.3 Å². The Morgan fingerprint density at radius 2 is 1.44 bits per heavy atom. The first-order valence-corrected chi connectivity index (χ1v) is 11.2. The third-order valence-electron chi connectivity index (χ3n) is 5.68. The summed E-state index contributed by atoms with van der Waals surface area (Å²) in [5.41, 5.74) is 4.44. The number of carbonyl (C=O) groups is 1. The Bertz CT molecular complexity index is 1450. The predicted molar refractivity (Wildman–Crippen MR) is 130 cm³/mol. The van der Waals surface area contributed by atoms with E-state index < -0.39 is 6.04 Å². The largest absolute Gasteiger partial charge is 0.292 e. The second-order valence-electron chi connectivity index (χ2n) is 7.64. The Labute approximate surface area is 189 Å². The van der Waals surface area contributed by atoms with Crippen LogP contribution in [0.1, 0.15) is 23.3 Å². The SMILES string of the molecule is CC(C(=O)c1ccccc1)n1cnc2scc(-c3ccc(-c4ccccc4)cc3)c2c1=O. The second kappa shape index (κ2) is 8.36. The van der Waals surface area contributed by atoms with Gasteiger partial charge in [0.15, 0.2) is 5.78 Å². The molecule has 0 aliphatic rings. The van der Waals surface area contributed by atoms with Crippen molar-refractivity contribution >= 4 is 27.3 Å². The first-order valence-electron chi connectivity index (χ1n) is 10.4. The van der Waals surface area contributed by atoms with Crippen LogP contribution in [0.25, 0.3) is 32.5 Å². The van der Waals surface area contributed by atoms with Gasteiger partial charge in [0.2, 0.25) is 0 Å². The molecule has 0 aliphatic heterocycles. The molecule has 2 heterocycles. The molecular formula is C27H20N2O2S. The van der Waals surface area contributed by atoms with Crippen LogP contribution in [0.15, 0.2) is 101 Å². The molecule has 0 amide bonds. The maximum Gasteiger partial charge on any atom is 0.263 e. The van der Waals surface area contributed by atoms with Crippen molar-refractivity contribution in [1.82, 2.24) is 9.55 Å². The van der Waals surface area contributed by atoms with E-state index in [1.807, 2.05) is 53.9 Å². The molecule has 0 spiro atoms. The van der Waals surface area contributed by atoms with Crippen LogP contribution in [0.3, 0.4) is 0 Å². The zero-order chi connectivity index (χ0) is 22.1. The van der Waals surface area contributed by atoms with Crippen molar-refractivity contribution in [2.45, 2.75) is 13.0 Å². The summed E-state index contributed by atoms with van der Waals surface area (Å²) in [6.07, 6.45) is 1.48. The molecule has 5 aromatic rings. The molecule has 5 heteroatoms. The van der Waals surface area contributed by atoms with Crippen molar-refractivity contribution in [2.24, 2.45) is 0 Å². The topological polar surface area (TPSA) is 52.0 Å². The van der Waals surface area contributed by atoms with E-state index in [9.17, 15) is 9.59 Å². The molecule has 0 saturated heterocycles. The lowest BCUT2D eigenvalue weighted by atomic mass is 10.0. The zero-order valence-electron chi connectivity index (χ0n) is 17.4. The number of benzene rings is 3. The average Bonchev–Trinajstić information content (AvgIpc) is 3.30. The number of fused-ring (bicyclic) bond motifs is 1. The monoisotopic (exact) mass is 436 g/mol. The number of Topliss-reactive ketones (excluding diaryl/α,β-unsaturated/α-hetero) is 1. The number of hydrogen-bond acceptors (Lipinski definition) is 4. The van der Waals surface area contributed by atoms with Gasteiger partial charge in [0.1, 0.15) is 4.83 Å². The first kappa shape index (κ1) is 20.1. The van der Waals surface area contributed by atoms with Gasteiger partial charge in [0.25, 0.3) is 5.56 Å². The molecule has 156 valence electrons. The molecule has 0 N–H and O–H groups in total. The highest BCUT2D eigenvalue weighted by Gasteiger charge is 2.21. The lowest BCUT2D eigenvalue weighted by Crippen LogP contribution is -2.28. The van der Waals surface area contributed by atoms with E-state index in [2.05, 4.69) is 29.2 Å². The van der Waals surface area contributed by atoms with E-state index in [1.165, 1.54) is 22.2 Å². The quantitative estimate of drug-likeness (QED) is 0.307. The maximum absolute atomic E-state index is 13.4. The Kier molecular flexibility index (Phi) is 5.25. The molecule has 0 bridgehead atoms. The summed E-state index contributed by atoms with van der Waals surface area (Å²) in [6, 6.07) is 26.7. The van der Waals surface area contributed by atoms with Crippen molar-refractivity contribution in [2.75, 3.05) is 0 Å². The summed E-state index contributed by atoms with van der Waals surface area (Å²) >= 11 is 1.44. The van der Waals surface area contributed by atoms with Gasteiger partial charge in [-0.25, -0.2) is 4.98 Å². The minimum absolute atomic E-state index is 0.113. The summed E-state index contributed by atoms with van der Waals surface area (Å²) in [6.45, 7) is 1.74. The smallest absolute Gasteiger partial charge is 0.263 e. The minimum atomic E-state index is -0.644. The maximum atomic E-state index is 13.4. The first-order chi connectivity index (χ1) is 15.6. The van der Waals surface area contributed by atoms with Crippen LogP contribution >= 0.6 is 11.3 Å². The number of carbonyl (C=O) groups excluding carboxylic acids is 1. The highest BCUT2D eigenvalue weighted by molar-refractivity contribution is 7.17. The zero-order valence-corrected chi connectivity index (χ0v) is 18.3. The molecule has 4 nitrogen and oxygen atoms in total. The number of thiophene rings is 1. The van der Waals surface area contributed by atoms with Crippen LogP contribution in [-0.4, -0.2) is 15.3 Å². The average molecular weight is 437 g/mol. The van der Waals surface area contributed by atoms with Gasteiger partial charge in [0, 0.05) is 16.5 Å². The molecule has 3 aromatic carbocycles. The van der Waals surface area contributed by atoms with Crippen molar-refractivity contribution in [3.8, 4) is 22.3 Å². The van der Waals surface area contributed by atoms with Gasteiger partial charge in [-0.1, -0.05) is 84.9 Å². The van der Waals surface area contributed by atoms with Crippen LogP contribution in [0.5, 0.6) is 0 Å². The summed E-state index contributed by atoms with van der Waals surface area (Å²) in [5, 5.41) is 2.52. The number of nitrogens with zero attached hydrogens (tertiary/aromatic N) is 2. The third kappa shape index (κ3) is 3.57. The number of rotatable bonds is 5. The standard InChI is InChI=1S/C27H20N2O2S/c1-18(25(30)22-10-6-3-7-11-22)29-17-28-26-24(27(29)31)23(16-32-26)21-14-12-20(13-15-21)19-8-4-2-5-9-19/h2-18H,1H3. The van der Waals surface area contributed by atoms with Crippen LogP contribution in [0, 0.1) is 0 Å². The fraction of sp³-hybridized carbons (Fsp3) is 0.0741. The molecule has 0 saturated carbocycles. The summed E-state index contributed by atoms with van der Waals surface area (Å²) in [7, 11) is 0. The lowest BCUT2D eigenvalue weighted by molar-refractivity contribution is 0.0932. The van der Waals surface area contributed by atoms with E-state index in [1.54, 1.807) is 19.1 Å². The molecule has 0 fully saturated rings. The second-order valence-corrected chi connectivity index (χ2v) is 8.49. The minimum Gasteiger partial charge on any atom is -0.292 e. The molecule has 1 atom stereocenters. The third-order valence-corrected chi connectivity index (χ3v) is 6.56. The summed E-state index contributed by atoms with van der Waals surface area (Å²) < 4.78 is 1.44. The van der Waals surface area contributed by atoms with Gasteiger partial charge in [-0.05, 0) is 23.6 Å². The predicted octanol–water partition coefficient (Wildman–Crippen LogP) is 6.24. The summed E-state index contributed by atoms with van der Waals surface area (Å²) in [4.78, 5) is 31.5. The number of aromatic nitrogens is 2. The van der Waals surface area contributed by atoms with E-state index in [4.69, 9.17) is 0 Å². The van der Waals surface area contributed by atoms with Gasteiger partial charge in [-0.2, -0.15) is 0 Å². The van der Waals surface area contributed by atoms with Gasteiger partial charge in [-0.3, -0.25) is 14.2 Å². The fourth-order valence-electron chi connectivity index (χ4n) is 3.88. The highest BCUT2D eigenvalue weighted by atomic mass is 32.1. The van der Waals surface area contributed by atoms with Crippen LogP contribution < -0.4 is 5.56 Å². The Hall–Kier alpha value is -3.83. The Morgan fingerprint density at radius 3 is 2.12 bits per heavy atom. The van der Waals surface area contributed by atoms with Crippen molar-refractivity contribution in [3.63, 3.8) is 0 Å². The van der Waals surface area contributed by atoms with E-state index >= 15 is 0 Å². The van der Waals surface area contributed by atoms with Crippen molar-refractivity contribution in [1.29, 1.82) is 0 Å². The Morgan fingerprint density at radius 1 is 0.844 bits per heavy atom. The van der Waals surface area contributed by atoms with E-state index in [0.717, 1.165) is 22.3 Å².